The third kappa shape index (κ3) is 2.35. The minimum absolute atomic E-state index is 0.110. The van der Waals surface area contributed by atoms with Crippen molar-refractivity contribution in [3.05, 3.63) is 16.4 Å². The summed E-state index contributed by atoms with van der Waals surface area (Å²) in [6, 6.07) is 0.110. The van der Waals surface area contributed by atoms with Crippen LogP contribution in [0.4, 0.5) is 0 Å². The second-order valence-electron chi connectivity index (χ2n) is 5.52. The lowest BCUT2D eigenvalue weighted by Crippen LogP contribution is -2.39. The van der Waals surface area contributed by atoms with Crippen LogP contribution in [0.5, 0.6) is 0 Å². The zero-order valence-corrected chi connectivity index (χ0v) is 12.8. The first-order valence-electron chi connectivity index (χ1n) is 7.07. The predicted molar refractivity (Wildman–Crippen MR) is 76.3 cm³/mol. The SMILES string of the molecule is CCCn1ncc(Br)c1C(NN)C1CC2CCC1O2. The predicted octanol–water partition coefficient (Wildman–Crippen LogP) is 2.13. The maximum absolute atomic E-state index is 5.96. The van der Waals surface area contributed by atoms with Crippen LogP contribution >= 0.6 is 15.9 Å². The van der Waals surface area contributed by atoms with Crippen molar-refractivity contribution in [3.63, 3.8) is 0 Å². The van der Waals surface area contributed by atoms with Crippen LogP contribution < -0.4 is 11.3 Å². The highest BCUT2D eigenvalue weighted by Gasteiger charge is 2.45. The number of hydrogen-bond acceptors (Lipinski definition) is 4. The Bertz CT molecular complexity index is 450. The average Bonchev–Trinajstić information content (AvgIpc) is 3.10. The van der Waals surface area contributed by atoms with Gasteiger partial charge in [-0.3, -0.25) is 16.0 Å². The Labute approximate surface area is 122 Å². The Morgan fingerprint density at radius 1 is 1.63 bits per heavy atom. The van der Waals surface area contributed by atoms with Gasteiger partial charge in [0.25, 0.3) is 0 Å². The summed E-state index contributed by atoms with van der Waals surface area (Å²) >= 11 is 3.61. The fraction of sp³-hybridized carbons (Fsp3) is 0.769. The molecule has 2 aliphatic heterocycles. The van der Waals surface area contributed by atoms with Crippen LogP contribution in [-0.2, 0) is 11.3 Å². The summed E-state index contributed by atoms with van der Waals surface area (Å²) in [7, 11) is 0. The van der Waals surface area contributed by atoms with E-state index in [4.69, 9.17) is 10.6 Å². The number of fused-ring (bicyclic) bond motifs is 2. The molecule has 0 spiro atoms. The molecule has 1 aromatic heterocycles. The average molecular weight is 329 g/mol. The second-order valence-corrected chi connectivity index (χ2v) is 6.37. The minimum Gasteiger partial charge on any atom is -0.375 e. The van der Waals surface area contributed by atoms with Crippen LogP contribution in [-0.4, -0.2) is 22.0 Å². The van der Waals surface area contributed by atoms with Gasteiger partial charge < -0.3 is 4.74 Å². The molecule has 4 unspecified atom stereocenters. The van der Waals surface area contributed by atoms with Gasteiger partial charge in [-0.1, -0.05) is 6.92 Å². The molecule has 0 radical (unpaired) electrons. The molecule has 0 aliphatic carbocycles. The molecule has 3 N–H and O–H groups in total. The largest absolute Gasteiger partial charge is 0.375 e. The molecule has 2 aliphatic rings. The molecule has 0 aromatic carbocycles. The van der Waals surface area contributed by atoms with Crippen LogP contribution in [0, 0.1) is 5.92 Å². The van der Waals surface area contributed by atoms with Gasteiger partial charge in [0.05, 0.1) is 34.6 Å². The van der Waals surface area contributed by atoms with Crippen molar-refractivity contribution in [2.75, 3.05) is 0 Å². The second kappa shape index (κ2) is 5.52. The molecule has 2 saturated heterocycles. The van der Waals surface area contributed by atoms with Crippen molar-refractivity contribution >= 4 is 15.9 Å². The van der Waals surface area contributed by atoms with Gasteiger partial charge in [0.2, 0.25) is 0 Å². The van der Waals surface area contributed by atoms with E-state index in [0.717, 1.165) is 36.0 Å². The summed E-state index contributed by atoms with van der Waals surface area (Å²) in [6.07, 6.45) is 7.18. The van der Waals surface area contributed by atoms with Crippen molar-refractivity contribution in [1.82, 2.24) is 15.2 Å². The molecule has 4 atom stereocenters. The number of nitrogens with zero attached hydrogens (tertiary/aromatic N) is 2. The first-order chi connectivity index (χ1) is 9.24. The van der Waals surface area contributed by atoms with E-state index >= 15 is 0 Å². The maximum atomic E-state index is 5.96. The highest BCUT2D eigenvalue weighted by molar-refractivity contribution is 9.10. The summed E-state index contributed by atoms with van der Waals surface area (Å²) in [6.45, 7) is 3.08. The number of aromatic nitrogens is 2. The van der Waals surface area contributed by atoms with E-state index in [1.807, 2.05) is 6.20 Å². The van der Waals surface area contributed by atoms with Gasteiger partial charge >= 0.3 is 0 Å². The van der Waals surface area contributed by atoms with Gasteiger partial charge in [-0.15, -0.1) is 0 Å². The Balaban J connectivity index is 1.87. The van der Waals surface area contributed by atoms with E-state index in [-0.39, 0.29) is 6.04 Å². The summed E-state index contributed by atoms with van der Waals surface area (Å²) < 4.78 is 9.06. The molecule has 3 rings (SSSR count). The van der Waals surface area contributed by atoms with Gasteiger partial charge in [0.1, 0.15) is 0 Å². The van der Waals surface area contributed by atoms with E-state index < -0.39 is 0 Å². The number of hydrazine groups is 1. The monoisotopic (exact) mass is 328 g/mol. The van der Waals surface area contributed by atoms with E-state index in [0.29, 0.717) is 18.1 Å². The van der Waals surface area contributed by atoms with Crippen molar-refractivity contribution < 1.29 is 4.74 Å². The lowest BCUT2D eigenvalue weighted by molar-refractivity contribution is 0.0848. The molecule has 6 heteroatoms. The number of hydrogen-bond donors (Lipinski definition) is 2. The van der Waals surface area contributed by atoms with Gasteiger partial charge in [-0.25, -0.2) is 0 Å². The summed E-state index contributed by atoms with van der Waals surface area (Å²) in [5.41, 5.74) is 4.16. The van der Waals surface area contributed by atoms with Gasteiger partial charge in [-0.05, 0) is 41.6 Å². The number of ether oxygens (including phenoxy) is 1. The number of aryl methyl sites for hydroxylation is 1. The topological polar surface area (TPSA) is 65.1 Å². The smallest absolute Gasteiger partial charge is 0.0713 e. The fourth-order valence-electron chi connectivity index (χ4n) is 3.50. The van der Waals surface area contributed by atoms with E-state index in [1.54, 1.807) is 0 Å². The molecule has 0 amide bonds. The Morgan fingerprint density at radius 3 is 3.05 bits per heavy atom. The Morgan fingerprint density at radius 2 is 2.47 bits per heavy atom. The third-order valence-electron chi connectivity index (χ3n) is 4.32. The molecule has 0 saturated carbocycles. The molecule has 2 fully saturated rings. The van der Waals surface area contributed by atoms with Crippen LogP contribution in [0.25, 0.3) is 0 Å². The number of nitrogens with one attached hydrogen (secondary N) is 1. The fourth-order valence-corrected chi connectivity index (χ4v) is 4.05. The third-order valence-corrected chi connectivity index (χ3v) is 4.93. The van der Waals surface area contributed by atoms with Crippen LogP contribution in [0.15, 0.2) is 10.7 Å². The molecule has 106 valence electrons. The van der Waals surface area contributed by atoms with Crippen LogP contribution in [0.2, 0.25) is 0 Å². The quantitative estimate of drug-likeness (QED) is 0.642. The van der Waals surface area contributed by atoms with E-state index in [1.165, 1.54) is 6.42 Å². The van der Waals surface area contributed by atoms with Crippen molar-refractivity contribution in [3.8, 4) is 0 Å². The van der Waals surface area contributed by atoms with Gasteiger partial charge in [-0.2, -0.15) is 5.10 Å². The maximum Gasteiger partial charge on any atom is 0.0713 e. The molecule has 19 heavy (non-hydrogen) atoms. The molecule has 5 nitrogen and oxygen atoms in total. The number of rotatable bonds is 5. The zero-order chi connectivity index (χ0) is 13.4. The van der Waals surface area contributed by atoms with Crippen LogP contribution in [0.1, 0.15) is 44.3 Å². The van der Waals surface area contributed by atoms with Crippen molar-refractivity contribution in [2.24, 2.45) is 11.8 Å². The molecule has 2 bridgehead atoms. The summed E-state index contributed by atoms with van der Waals surface area (Å²) in [5.74, 6) is 6.29. The first kappa shape index (κ1) is 13.5. The normalized spacial score (nSPS) is 31.0. The van der Waals surface area contributed by atoms with Crippen molar-refractivity contribution in [1.29, 1.82) is 0 Å². The standard InChI is InChI=1S/C13H21BrN4O/c1-2-5-18-13(10(14)7-16-18)12(17-15)9-6-8-3-4-11(9)19-8/h7-9,11-12,17H,2-6,15H2,1H3. The number of nitrogens with two attached hydrogens (primary N) is 1. The van der Waals surface area contributed by atoms with E-state index in [2.05, 4.69) is 38.1 Å². The van der Waals surface area contributed by atoms with Crippen LogP contribution in [0.3, 0.4) is 0 Å². The molecule has 1 aromatic rings. The lowest BCUT2D eigenvalue weighted by Gasteiger charge is -2.28. The lowest BCUT2D eigenvalue weighted by atomic mass is 9.83. The molecular weight excluding hydrogens is 308 g/mol. The Hall–Kier alpha value is -0.430. The summed E-state index contributed by atoms with van der Waals surface area (Å²) in [5, 5.41) is 4.44. The van der Waals surface area contributed by atoms with E-state index in [9.17, 15) is 0 Å². The highest BCUT2D eigenvalue weighted by Crippen LogP contribution is 2.45. The number of halogens is 1. The zero-order valence-electron chi connectivity index (χ0n) is 11.2. The van der Waals surface area contributed by atoms with Gasteiger partial charge in [0.15, 0.2) is 0 Å². The molecular formula is C13H21BrN4O. The first-order valence-corrected chi connectivity index (χ1v) is 7.86. The Kier molecular flexibility index (Phi) is 3.93. The van der Waals surface area contributed by atoms with Gasteiger partial charge in [0, 0.05) is 12.5 Å². The minimum atomic E-state index is 0.110. The molecule has 3 heterocycles. The highest BCUT2D eigenvalue weighted by atomic mass is 79.9. The summed E-state index contributed by atoms with van der Waals surface area (Å²) in [4.78, 5) is 0. The van der Waals surface area contributed by atoms with Crippen molar-refractivity contribution in [2.45, 2.75) is 57.4 Å².